The van der Waals surface area contributed by atoms with Crippen LogP contribution in [0, 0.1) is 11.7 Å². The maximum atomic E-state index is 13.6. The van der Waals surface area contributed by atoms with E-state index in [-0.39, 0.29) is 18.2 Å². The number of anilines is 1. The lowest BCUT2D eigenvalue weighted by Gasteiger charge is -2.23. The summed E-state index contributed by atoms with van der Waals surface area (Å²) >= 11 is 0. The molecule has 9 heteroatoms. The van der Waals surface area contributed by atoms with E-state index in [1.54, 1.807) is 32.0 Å². The molecule has 1 heterocycles. The van der Waals surface area contributed by atoms with Crippen LogP contribution in [0.3, 0.4) is 0 Å². The Hall–Kier alpha value is -3.49. The summed E-state index contributed by atoms with van der Waals surface area (Å²) in [5.74, 6) is 0.371. The fourth-order valence-electron chi connectivity index (χ4n) is 3.89. The molecule has 0 radical (unpaired) electrons. The molecular formula is C27H30F4N4O. The molecule has 0 spiro atoms. The topological polar surface area (TPSA) is 59.4 Å². The Bertz CT molecular complexity index is 1250. The third-order valence-electron chi connectivity index (χ3n) is 5.95. The lowest BCUT2D eigenvalue weighted by Crippen LogP contribution is -2.32. The van der Waals surface area contributed by atoms with Crippen molar-refractivity contribution in [3.8, 4) is 16.9 Å². The van der Waals surface area contributed by atoms with E-state index in [2.05, 4.69) is 20.3 Å². The van der Waals surface area contributed by atoms with Gasteiger partial charge in [-0.1, -0.05) is 39.0 Å². The smallest absolute Gasteiger partial charge is 0.433 e. The summed E-state index contributed by atoms with van der Waals surface area (Å²) in [5, 5.41) is 3.86. The zero-order chi connectivity index (χ0) is 26.5. The molecular weight excluding hydrogens is 472 g/mol. The monoisotopic (exact) mass is 502 g/mol. The van der Waals surface area contributed by atoms with Gasteiger partial charge in [-0.05, 0) is 61.1 Å². The Morgan fingerprint density at radius 2 is 1.78 bits per heavy atom. The van der Waals surface area contributed by atoms with E-state index >= 15 is 0 Å². The third kappa shape index (κ3) is 6.19. The summed E-state index contributed by atoms with van der Waals surface area (Å²) in [6, 6.07) is 9.13. The zero-order valence-corrected chi connectivity index (χ0v) is 20.9. The number of allylic oxidation sites excluding steroid dienone is 2. The normalized spacial score (nSPS) is 14.6. The van der Waals surface area contributed by atoms with Gasteiger partial charge in [-0.3, -0.25) is 4.99 Å². The summed E-state index contributed by atoms with van der Waals surface area (Å²) in [5.41, 5.74) is 1.54. The number of benzene rings is 2. The highest BCUT2D eigenvalue weighted by molar-refractivity contribution is 5.99. The lowest BCUT2D eigenvalue weighted by atomic mass is 9.96. The first-order valence-electron chi connectivity index (χ1n) is 11.8. The average Bonchev–Trinajstić information content (AvgIpc) is 2.85. The van der Waals surface area contributed by atoms with Crippen molar-refractivity contribution in [1.82, 2.24) is 9.97 Å². The Labute approximate surface area is 208 Å². The van der Waals surface area contributed by atoms with Gasteiger partial charge in [0.15, 0.2) is 0 Å². The molecule has 2 aromatic carbocycles. The minimum atomic E-state index is -4.55. The van der Waals surface area contributed by atoms with E-state index in [9.17, 15) is 17.6 Å². The van der Waals surface area contributed by atoms with E-state index in [0.29, 0.717) is 34.6 Å². The van der Waals surface area contributed by atoms with Crippen molar-refractivity contribution < 1.29 is 22.3 Å². The minimum absolute atomic E-state index is 0.201. The lowest BCUT2D eigenvalue weighted by molar-refractivity contribution is -0.0926. The fraction of sp³-hybridized carbons (Fsp3) is 0.370. The number of hydrogen-bond acceptors (Lipinski definition) is 5. The standard InChI is InChI=1S/C27H30F4N4O/c1-6-8-23(27(29,30)31)35-24(16(3)7-2)17(4)34-26-21-13-19(18-9-11-20(28)12-10-18)14-22(36-5)25(21)32-15-33-26/h8-17H,6-7H2,1-5H3,(H,32,33,34)/b23-8-,35-24?. The number of alkyl halides is 3. The summed E-state index contributed by atoms with van der Waals surface area (Å²) < 4.78 is 59.8. The van der Waals surface area contributed by atoms with E-state index in [4.69, 9.17) is 4.74 Å². The third-order valence-corrected chi connectivity index (χ3v) is 5.95. The van der Waals surface area contributed by atoms with Crippen molar-refractivity contribution in [2.75, 3.05) is 12.4 Å². The van der Waals surface area contributed by atoms with Crippen LogP contribution in [0.25, 0.3) is 22.0 Å². The van der Waals surface area contributed by atoms with Gasteiger partial charge in [-0.25, -0.2) is 14.4 Å². The van der Waals surface area contributed by atoms with Crippen molar-refractivity contribution in [1.29, 1.82) is 0 Å². The Balaban J connectivity index is 2.10. The Morgan fingerprint density at radius 3 is 2.36 bits per heavy atom. The number of nitrogens with one attached hydrogen (secondary N) is 1. The second kappa shape index (κ2) is 11.5. The zero-order valence-electron chi connectivity index (χ0n) is 20.9. The van der Waals surface area contributed by atoms with Gasteiger partial charge in [0.1, 0.15) is 34.9 Å². The van der Waals surface area contributed by atoms with Crippen LogP contribution < -0.4 is 10.1 Å². The van der Waals surface area contributed by atoms with Gasteiger partial charge in [0.25, 0.3) is 0 Å². The molecule has 0 saturated carbocycles. The molecule has 0 fully saturated rings. The van der Waals surface area contributed by atoms with Crippen LogP contribution in [0.2, 0.25) is 0 Å². The van der Waals surface area contributed by atoms with Gasteiger partial charge >= 0.3 is 6.18 Å². The summed E-state index contributed by atoms with van der Waals surface area (Å²) in [7, 11) is 1.52. The molecule has 1 aromatic heterocycles. The summed E-state index contributed by atoms with van der Waals surface area (Å²) in [6.07, 6.45) is -1.25. The van der Waals surface area contributed by atoms with Gasteiger partial charge in [0.05, 0.1) is 13.2 Å². The molecule has 0 aliphatic rings. The van der Waals surface area contributed by atoms with Crippen LogP contribution >= 0.6 is 0 Å². The SMILES string of the molecule is CC/C=C(\N=C(C(C)CC)C(C)Nc1ncnc2c(OC)cc(-c3ccc(F)cc3)cc12)C(F)(F)F. The number of ether oxygens (including phenoxy) is 1. The largest absolute Gasteiger partial charge is 0.494 e. The summed E-state index contributed by atoms with van der Waals surface area (Å²) in [6.45, 7) is 7.17. The highest BCUT2D eigenvalue weighted by Crippen LogP contribution is 2.35. The molecule has 1 N–H and O–H groups in total. The quantitative estimate of drug-likeness (QED) is 0.242. The van der Waals surface area contributed by atoms with Crippen LogP contribution in [0.15, 0.2) is 59.5 Å². The van der Waals surface area contributed by atoms with Gasteiger partial charge in [-0.15, -0.1) is 0 Å². The molecule has 36 heavy (non-hydrogen) atoms. The number of fused-ring (bicyclic) bond motifs is 1. The highest BCUT2D eigenvalue weighted by Gasteiger charge is 2.34. The first kappa shape index (κ1) is 27.1. The molecule has 3 aromatic rings. The molecule has 3 rings (SSSR count). The number of rotatable bonds is 9. The van der Waals surface area contributed by atoms with Crippen LogP contribution in [0.5, 0.6) is 5.75 Å². The van der Waals surface area contributed by atoms with Crippen LogP contribution in [-0.4, -0.2) is 35.0 Å². The van der Waals surface area contributed by atoms with E-state index in [0.717, 1.165) is 17.2 Å². The van der Waals surface area contributed by atoms with E-state index < -0.39 is 17.9 Å². The second-order valence-electron chi connectivity index (χ2n) is 8.51. The molecule has 2 atom stereocenters. The van der Waals surface area contributed by atoms with Crippen LogP contribution in [0.1, 0.15) is 40.5 Å². The first-order valence-corrected chi connectivity index (χ1v) is 11.8. The number of hydrogen-bond donors (Lipinski definition) is 1. The predicted octanol–water partition coefficient (Wildman–Crippen LogP) is 7.59. The number of aliphatic imine (C=N–C) groups is 1. The minimum Gasteiger partial charge on any atom is -0.494 e. The molecule has 2 unspecified atom stereocenters. The fourth-order valence-corrected chi connectivity index (χ4v) is 3.89. The van der Waals surface area contributed by atoms with Crippen LogP contribution in [-0.2, 0) is 0 Å². The molecule has 0 amide bonds. The summed E-state index contributed by atoms with van der Waals surface area (Å²) in [4.78, 5) is 12.8. The first-order chi connectivity index (χ1) is 17.1. The average molecular weight is 503 g/mol. The number of methoxy groups -OCH3 is 1. The number of nitrogens with zero attached hydrogens (tertiary/aromatic N) is 3. The van der Waals surface area contributed by atoms with Crippen molar-refractivity contribution in [2.45, 2.75) is 52.8 Å². The maximum Gasteiger partial charge on any atom is 0.433 e. The van der Waals surface area contributed by atoms with Gasteiger partial charge in [0.2, 0.25) is 0 Å². The van der Waals surface area contributed by atoms with Gasteiger partial charge < -0.3 is 10.1 Å². The van der Waals surface area contributed by atoms with Crippen LogP contribution in [0.4, 0.5) is 23.4 Å². The number of aromatic nitrogens is 2. The second-order valence-corrected chi connectivity index (χ2v) is 8.51. The Kier molecular flexibility index (Phi) is 8.66. The van der Waals surface area contributed by atoms with E-state index in [1.165, 1.54) is 25.6 Å². The molecule has 192 valence electrons. The van der Waals surface area contributed by atoms with Gasteiger partial charge in [-0.2, -0.15) is 13.2 Å². The predicted molar refractivity (Wildman–Crippen MR) is 136 cm³/mol. The van der Waals surface area contributed by atoms with Crippen molar-refractivity contribution in [3.63, 3.8) is 0 Å². The molecule has 0 saturated heterocycles. The Morgan fingerprint density at radius 1 is 1.08 bits per heavy atom. The highest BCUT2D eigenvalue weighted by atomic mass is 19.4. The van der Waals surface area contributed by atoms with Crippen molar-refractivity contribution in [3.05, 3.63) is 60.3 Å². The molecule has 0 bridgehead atoms. The van der Waals surface area contributed by atoms with E-state index in [1.807, 2.05) is 19.9 Å². The number of halogens is 4. The van der Waals surface area contributed by atoms with Gasteiger partial charge in [0, 0.05) is 11.1 Å². The molecule has 5 nitrogen and oxygen atoms in total. The molecule has 0 aliphatic heterocycles. The van der Waals surface area contributed by atoms with Crippen molar-refractivity contribution >= 4 is 22.4 Å². The molecule has 0 aliphatic carbocycles. The van der Waals surface area contributed by atoms with Crippen molar-refractivity contribution in [2.24, 2.45) is 10.9 Å². The maximum absolute atomic E-state index is 13.6.